The van der Waals surface area contributed by atoms with E-state index in [0.717, 1.165) is 209 Å². The Morgan fingerprint density at radius 2 is 0.624 bits per heavy atom. The molecule has 30 nitrogen and oxygen atoms in total. The quantitative estimate of drug-likeness (QED) is 0.0433. The van der Waals surface area contributed by atoms with Crippen molar-refractivity contribution in [2.75, 3.05) is 215 Å². The fourth-order valence-electron chi connectivity index (χ4n) is 14.6. The molecule has 11 heterocycles. The molecule has 5 aliphatic heterocycles. The minimum Gasteiger partial charge on any atom is -0.493 e. The van der Waals surface area contributed by atoms with Gasteiger partial charge >= 0.3 is 0 Å². The molecule has 0 amide bonds. The first-order valence-electron chi connectivity index (χ1n) is 39.9. The molecule has 6 aromatic heterocycles. The lowest BCUT2D eigenvalue weighted by molar-refractivity contribution is -0.000269. The Balaban J connectivity index is 0.000000138. The molecule has 12 aromatic rings. The van der Waals surface area contributed by atoms with Crippen molar-refractivity contribution in [1.29, 1.82) is 0 Å². The van der Waals surface area contributed by atoms with E-state index in [0.29, 0.717) is 87.4 Å². The molecule has 0 radical (unpaired) electrons. The van der Waals surface area contributed by atoms with Crippen LogP contribution < -0.4 is 68.5 Å². The maximum Gasteiger partial charge on any atom is 0.225 e. The Morgan fingerprint density at radius 3 is 0.923 bits per heavy atom. The van der Waals surface area contributed by atoms with Crippen molar-refractivity contribution in [1.82, 2.24) is 70.4 Å². The van der Waals surface area contributed by atoms with Crippen molar-refractivity contribution in [3.8, 4) is 34.5 Å². The van der Waals surface area contributed by atoms with E-state index in [9.17, 15) is 0 Å². The SMILES string of the molecule is COCCOc1cc2ncnc(N3CCN(c4ncc(Cc5ccccc5)cn4)CC3)c2cc1OCCOC.COc1cc2ncnc(N3CCN(c4ncc(Cc5ccccc5)cn4)CC3)c2cc1OCC1CNCCO1.COc1cc2ncnc(N3CCN(c4ncc(Cc5ccccc5)cn4)CC3)c2cc1OC[C@@H]1CNCCO1. The first kappa shape index (κ1) is 80.1. The predicted octanol–water partition coefficient (Wildman–Crippen LogP) is 8.81. The molecule has 608 valence electrons. The van der Waals surface area contributed by atoms with Crippen LogP contribution in [-0.4, -0.2) is 258 Å². The summed E-state index contributed by atoms with van der Waals surface area (Å²) in [5.41, 5.74) is 9.51. The summed E-state index contributed by atoms with van der Waals surface area (Å²) < 4.78 is 57.3. The van der Waals surface area contributed by atoms with Gasteiger partial charge in [-0.25, -0.2) is 59.8 Å². The molecule has 17 rings (SSSR count). The van der Waals surface area contributed by atoms with Gasteiger partial charge in [0.25, 0.3) is 0 Å². The van der Waals surface area contributed by atoms with Gasteiger partial charge in [-0.3, -0.25) is 0 Å². The number of morpholine rings is 2. The summed E-state index contributed by atoms with van der Waals surface area (Å²) >= 11 is 0. The zero-order valence-corrected chi connectivity index (χ0v) is 66.7. The van der Waals surface area contributed by atoms with E-state index in [1.165, 1.54) is 16.7 Å². The number of ether oxygens (including phenoxy) is 10. The molecule has 6 aromatic carbocycles. The molecule has 2 N–H and O–H groups in total. The average molecular weight is 1590 g/mol. The Kier molecular flexibility index (Phi) is 27.7. The second-order valence-electron chi connectivity index (χ2n) is 28.7. The van der Waals surface area contributed by atoms with E-state index >= 15 is 0 Å². The normalized spacial score (nSPS) is 16.4. The lowest BCUT2D eigenvalue weighted by Crippen LogP contribution is -2.47. The topological polar surface area (TPSA) is 290 Å². The fourth-order valence-corrected chi connectivity index (χ4v) is 14.6. The maximum atomic E-state index is 6.15. The lowest BCUT2D eigenvalue weighted by Gasteiger charge is -2.35. The summed E-state index contributed by atoms with van der Waals surface area (Å²) in [5.74, 6) is 8.82. The summed E-state index contributed by atoms with van der Waals surface area (Å²) in [5, 5.41) is 9.45. The number of nitrogens with zero attached hydrogens (tertiary/aromatic N) is 18. The minimum absolute atomic E-state index is 0.00773. The number of benzene rings is 6. The predicted molar refractivity (Wildman–Crippen MR) is 450 cm³/mol. The van der Waals surface area contributed by atoms with Gasteiger partial charge in [-0.05, 0) is 51.6 Å². The summed E-state index contributed by atoms with van der Waals surface area (Å²) in [4.78, 5) is 68.9. The van der Waals surface area contributed by atoms with Gasteiger partial charge in [0.15, 0.2) is 34.5 Å². The molecular formula is C87H100N20O10. The number of methoxy groups -OCH3 is 4. The van der Waals surface area contributed by atoms with E-state index in [-0.39, 0.29) is 12.2 Å². The number of nitrogens with one attached hydrogen (secondary N) is 2. The van der Waals surface area contributed by atoms with Crippen LogP contribution in [0, 0.1) is 0 Å². The molecule has 5 fully saturated rings. The number of hydrogen-bond acceptors (Lipinski definition) is 30. The summed E-state index contributed by atoms with van der Waals surface area (Å²) in [6, 6.07) is 42.8. The molecule has 0 bridgehead atoms. The smallest absolute Gasteiger partial charge is 0.225 e. The summed E-state index contributed by atoms with van der Waals surface area (Å²) in [6.45, 7) is 16.9. The lowest BCUT2D eigenvalue weighted by atomic mass is 10.1. The van der Waals surface area contributed by atoms with Crippen LogP contribution in [0.25, 0.3) is 32.7 Å². The summed E-state index contributed by atoms with van der Waals surface area (Å²) in [7, 11) is 6.58. The third kappa shape index (κ3) is 21.2. The molecular weight excluding hydrogens is 1490 g/mol. The monoisotopic (exact) mass is 1580 g/mol. The molecule has 5 saturated heterocycles. The number of rotatable bonds is 28. The van der Waals surface area contributed by atoms with E-state index in [4.69, 9.17) is 47.4 Å². The van der Waals surface area contributed by atoms with Crippen LogP contribution in [-0.2, 0) is 38.2 Å². The van der Waals surface area contributed by atoms with E-state index in [1.807, 2.05) is 91.8 Å². The number of piperazine rings is 3. The van der Waals surface area contributed by atoms with Crippen LogP contribution in [0.2, 0.25) is 0 Å². The van der Waals surface area contributed by atoms with Crippen molar-refractivity contribution in [2.45, 2.75) is 31.5 Å². The second kappa shape index (κ2) is 40.5. The van der Waals surface area contributed by atoms with Crippen molar-refractivity contribution in [2.24, 2.45) is 0 Å². The number of anilines is 6. The maximum absolute atomic E-state index is 6.15. The molecule has 5 aliphatic rings. The number of aromatic nitrogens is 12. The van der Waals surface area contributed by atoms with Crippen molar-refractivity contribution in [3.05, 3.63) is 217 Å². The molecule has 0 aliphatic carbocycles. The van der Waals surface area contributed by atoms with Crippen molar-refractivity contribution >= 4 is 68.0 Å². The highest BCUT2D eigenvalue weighted by molar-refractivity contribution is 5.94. The van der Waals surface area contributed by atoms with E-state index in [2.05, 4.69) is 173 Å². The third-order valence-corrected chi connectivity index (χ3v) is 20.8. The van der Waals surface area contributed by atoms with Gasteiger partial charge in [0.05, 0.1) is 57.2 Å². The van der Waals surface area contributed by atoms with Crippen LogP contribution in [0.15, 0.2) is 184 Å². The minimum atomic E-state index is 0.00773. The molecule has 1 unspecified atom stereocenters. The molecule has 30 heteroatoms. The fraction of sp³-hybridized carbons (Fsp3) is 0.379. The van der Waals surface area contributed by atoms with Crippen LogP contribution in [0.1, 0.15) is 33.4 Å². The zero-order valence-electron chi connectivity index (χ0n) is 66.7. The van der Waals surface area contributed by atoms with Crippen molar-refractivity contribution < 1.29 is 47.4 Å². The van der Waals surface area contributed by atoms with Gasteiger partial charge in [-0.15, -0.1) is 0 Å². The standard InChI is InChI=1S/2C29H33N7O3.C29H34N6O4/c2*1-37-26-15-25-24(14-27(26)39-19-23-18-30-7-12-38-23)28(34-20-33-25)35-8-10-36(11-9-35)29-31-16-22(17-32-29)13-21-5-3-2-4-6-21;1-36-12-14-38-26-17-24-25(18-27(26)39-15-13-37-2)32-21-33-28(24)34-8-10-35(11-9-34)29-30-19-23(20-31-29)16-22-6-4-3-5-7-22/h2*2-6,14-17,20,23,30H,7-13,18-19H2,1H3;3-7,17-21H,8-16H2,1-2H3/t23-;;/m0../s1. The first-order chi connectivity index (χ1) is 57.8. The molecule has 2 atom stereocenters. The molecule has 0 saturated carbocycles. The van der Waals surface area contributed by atoms with Crippen LogP contribution in [0.4, 0.5) is 35.3 Å². The summed E-state index contributed by atoms with van der Waals surface area (Å²) in [6.07, 6.45) is 18.9. The van der Waals surface area contributed by atoms with Crippen molar-refractivity contribution in [3.63, 3.8) is 0 Å². The average Bonchev–Trinajstić information content (AvgIpc) is 0.789. The third-order valence-electron chi connectivity index (χ3n) is 20.8. The highest BCUT2D eigenvalue weighted by Crippen LogP contribution is 2.39. The van der Waals surface area contributed by atoms with Gasteiger partial charge in [-0.1, -0.05) is 91.0 Å². The highest BCUT2D eigenvalue weighted by atomic mass is 16.6. The van der Waals surface area contributed by atoms with E-state index in [1.54, 1.807) is 47.4 Å². The molecule has 117 heavy (non-hydrogen) atoms. The van der Waals surface area contributed by atoms with Gasteiger partial charge < -0.3 is 87.4 Å². The van der Waals surface area contributed by atoms with Gasteiger partial charge in [0.1, 0.15) is 75.1 Å². The Labute approximate surface area is 680 Å². The largest absolute Gasteiger partial charge is 0.493 e. The van der Waals surface area contributed by atoms with Gasteiger partial charge in [0.2, 0.25) is 17.8 Å². The van der Waals surface area contributed by atoms with Crippen LogP contribution in [0.5, 0.6) is 34.5 Å². The Bertz CT molecular complexity index is 4870. The van der Waals surface area contributed by atoms with Gasteiger partial charge in [0, 0.05) is 210 Å². The van der Waals surface area contributed by atoms with Crippen LogP contribution in [0.3, 0.4) is 0 Å². The highest BCUT2D eigenvalue weighted by Gasteiger charge is 2.28. The van der Waals surface area contributed by atoms with E-state index < -0.39 is 0 Å². The first-order valence-corrected chi connectivity index (χ1v) is 39.9. The number of fused-ring (bicyclic) bond motifs is 3. The second-order valence-corrected chi connectivity index (χ2v) is 28.7. The Morgan fingerprint density at radius 1 is 0.325 bits per heavy atom. The van der Waals surface area contributed by atoms with Gasteiger partial charge in [-0.2, -0.15) is 0 Å². The Hall–Kier alpha value is -12.1. The number of hydrogen-bond donors (Lipinski definition) is 2. The zero-order chi connectivity index (χ0) is 79.8. The molecule has 0 spiro atoms. The van der Waals surface area contributed by atoms with Crippen LogP contribution >= 0.6 is 0 Å².